The summed E-state index contributed by atoms with van der Waals surface area (Å²) in [6.45, 7) is 12.3. The fourth-order valence-corrected chi connectivity index (χ4v) is 3.35. The molecule has 0 bridgehead atoms. The molecule has 2 heteroatoms. The predicted molar refractivity (Wildman–Crippen MR) is 88.4 cm³/mol. The summed E-state index contributed by atoms with van der Waals surface area (Å²) in [6.07, 6.45) is 3.92. The molecule has 0 aromatic heterocycles. The number of aryl methyl sites for hydroxylation is 1. The highest BCUT2D eigenvalue weighted by atomic mass is 15.2. The van der Waals surface area contributed by atoms with Gasteiger partial charge >= 0.3 is 0 Å². The van der Waals surface area contributed by atoms with Crippen molar-refractivity contribution in [2.24, 2.45) is 0 Å². The lowest BCUT2D eigenvalue weighted by Gasteiger charge is -2.32. The quantitative estimate of drug-likeness (QED) is 0.863. The zero-order valence-corrected chi connectivity index (χ0v) is 13.7. The number of hydrogen-bond donors (Lipinski definition) is 1. The van der Waals surface area contributed by atoms with E-state index in [0.29, 0.717) is 12.1 Å². The largest absolute Gasteiger partial charge is 0.366 e. The van der Waals surface area contributed by atoms with Crippen molar-refractivity contribution in [3.63, 3.8) is 0 Å². The third-order valence-electron chi connectivity index (χ3n) is 4.51. The average molecular weight is 274 g/mol. The Kier molecular flexibility index (Phi) is 5.09. The Bertz CT molecular complexity index is 439. The number of rotatable bonds is 5. The molecular formula is C18H30N2. The number of anilines is 1. The number of nitrogens with one attached hydrogen (secondary N) is 1. The Hall–Kier alpha value is -1.02. The first-order chi connectivity index (χ1) is 9.52. The van der Waals surface area contributed by atoms with Crippen LogP contribution in [0.1, 0.15) is 58.1 Å². The van der Waals surface area contributed by atoms with E-state index in [2.05, 4.69) is 63.0 Å². The van der Waals surface area contributed by atoms with Crippen LogP contribution in [0.4, 0.5) is 5.69 Å². The maximum Gasteiger partial charge on any atom is 0.0401 e. The Labute approximate surface area is 124 Å². The number of hydrogen-bond acceptors (Lipinski definition) is 2. The van der Waals surface area contributed by atoms with E-state index < -0.39 is 0 Å². The highest BCUT2D eigenvalue weighted by Gasteiger charge is 2.30. The second-order valence-corrected chi connectivity index (χ2v) is 6.55. The minimum atomic E-state index is 0.540. The van der Waals surface area contributed by atoms with Crippen LogP contribution in [0.3, 0.4) is 0 Å². The highest BCUT2D eigenvalue weighted by Crippen LogP contribution is 2.34. The predicted octanol–water partition coefficient (Wildman–Crippen LogP) is 4.26. The van der Waals surface area contributed by atoms with Crippen molar-refractivity contribution in [1.82, 2.24) is 5.32 Å². The van der Waals surface area contributed by atoms with Gasteiger partial charge in [0.2, 0.25) is 0 Å². The van der Waals surface area contributed by atoms with Gasteiger partial charge in [-0.1, -0.05) is 32.9 Å². The van der Waals surface area contributed by atoms with Crippen molar-refractivity contribution in [2.75, 3.05) is 4.90 Å². The molecule has 2 rings (SSSR count). The van der Waals surface area contributed by atoms with E-state index in [0.717, 1.165) is 12.6 Å². The molecule has 0 amide bonds. The van der Waals surface area contributed by atoms with Crippen molar-refractivity contribution in [1.29, 1.82) is 0 Å². The zero-order chi connectivity index (χ0) is 14.7. The number of nitrogens with zero attached hydrogens (tertiary/aromatic N) is 1. The molecule has 1 aromatic rings. The van der Waals surface area contributed by atoms with Crippen molar-refractivity contribution < 1.29 is 0 Å². The molecule has 0 radical (unpaired) electrons. The fraction of sp³-hybridized carbons (Fsp3) is 0.667. The van der Waals surface area contributed by atoms with Gasteiger partial charge in [-0.3, -0.25) is 0 Å². The first-order valence-corrected chi connectivity index (χ1v) is 8.14. The van der Waals surface area contributed by atoms with Gasteiger partial charge in [0, 0.05) is 30.4 Å². The van der Waals surface area contributed by atoms with Gasteiger partial charge < -0.3 is 10.2 Å². The Morgan fingerprint density at radius 2 is 2.05 bits per heavy atom. The molecule has 2 unspecified atom stereocenters. The van der Waals surface area contributed by atoms with Crippen LogP contribution in [0, 0.1) is 6.92 Å². The summed E-state index contributed by atoms with van der Waals surface area (Å²) >= 11 is 0. The van der Waals surface area contributed by atoms with Crippen molar-refractivity contribution in [2.45, 2.75) is 78.6 Å². The van der Waals surface area contributed by atoms with Gasteiger partial charge in [-0.25, -0.2) is 0 Å². The number of benzene rings is 1. The van der Waals surface area contributed by atoms with E-state index in [1.165, 1.54) is 36.1 Å². The monoisotopic (exact) mass is 274 g/mol. The minimum absolute atomic E-state index is 0.540. The van der Waals surface area contributed by atoms with E-state index in [-0.39, 0.29) is 0 Å². The first kappa shape index (κ1) is 15.4. The van der Waals surface area contributed by atoms with Crippen molar-refractivity contribution in [3.05, 3.63) is 29.3 Å². The van der Waals surface area contributed by atoms with Gasteiger partial charge in [0.25, 0.3) is 0 Å². The van der Waals surface area contributed by atoms with E-state index >= 15 is 0 Å². The van der Waals surface area contributed by atoms with Crippen LogP contribution < -0.4 is 10.2 Å². The van der Waals surface area contributed by atoms with Crippen LogP contribution in [0.5, 0.6) is 0 Å². The van der Waals surface area contributed by atoms with E-state index in [4.69, 9.17) is 0 Å². The van der Waals surface area contributed by atoms with Crippen LogP contribution in [0.2, 0.25) is 0 Å². The summed E-state index contributed by atoms with van der Waals surface area (Å²) in [6, 6.07) is 8.91. The second kappa shape index (κ2) is 6.62. The lowest BCUT2D eigenvalue weighted by Crippen LogP contribution is -2.34. The molecule has 0 aliphatic carbocycles. The van der Waals surface area contributed by atoms with E-state index in [1.54, 1.807) is 0 Å². The third-order valence-corrected chi connectivity index (χ3v) is 4.51. The minimum Gasteiger partial charge on any atom is -0.366 e. The van der Waals surface area contributed by atoms with Gasteiger partial charge in [-0.2, -0.15) is 0 Å². The first-order valence-electron chi connectivity index (χ1n) is 8.14. The summed E-state index contributed by atoms with van der Waals surface area (Å²) in [5.41, 5.74) is 4.25. The molecule has 20 heavy (non-hydrogen) atoms. The third kappa shape index (κ3) is 3.35. The van der Waals surface area contributed by atoms with E-state index in [1.807, 2.05) is 0 Å². The van der Waals surface area contributed by atoms with E-state index in [9.17, 15) is 0 Å². The van der Waals surface area contributed by atoms with Gasteiger partial charge in [-0.15, -0.1) is 0 Å². The molecule has 1 fully saturated rings. The maximum absolute atomic E-state index is 3.49. The average Bonchev–Trinajstić information content (AvgIpc) is 2.77. The lowest BCUT2D eigenvalue weighted by molar-refractivity contribution is 0.588. The Balaban J connectivity index is 2.16. The molecule has 1 aliphatic rings. The van der Waals surface area contributed by atoms with Crippen LogP contribution in [0.25, 0.3) is 0 Å². The maximum atomic E-state index is 3.49. The summed E-state index contributed by atoms with van der Waals surface area (Å²) in [7, 11) is 0. The molecule has 1 N–H and O–H groups in total. The van der Waals surface area contributed by atoms with Crippen LogP contribution >= 0.6 is 0 Å². The topological polar surface area (TPSA) is 15.3 Å². The molecule has 1 aliphatic heterocycles. The van der Waals surface area contributed by atoms with Crippen molar-refractivity contribution in [3.8, 4) is 0 Å². The molecule has 1 heterocycles. The molecule has 1 aromatic carbocycles. The molecule has 112 valence electrons. The molecular weight excluding hydrogens is 244 g/mol. The highest BCUT2D eigenvalue weighted by molar-refractivity contribution is 5.56. The normalized spacial score (nSPS) is 22.8. The Morgan fingerprint density at radius 3 is 2.65 bits per heavy atom. The van der Waals surface area contributed by atoms with Crippen molar-refractivity contribution >= 4 is 5.69 Å². The Morgan fingerprint density at radius 1 is 1.30 bits per heavy atom. The molecule has 0 spiro atoms. The molecule has 2 atom stereocenters. The summed E-state index contributed by atoms with van der Waals surface area (Å²) < 4.78 is 0. The summed E-state index contributed by atoms with van der Waals surface area (Å²) in [5, 5.41) is 3.49. The molecule has 2 nitrogen and oxygen atoms in total. The molecule has 1 saturated heterocycles. The summed E-state index contributed by atoms with van der Waals surface area (Å²) in [5.74, 6) is 0. The molecule has 0 saturated carbocycles. The van der Waals surface area contributed by atoms with Crippen LogP contribution in [-0.4, -0.2) is 18.1 Å². The zero-order valence-electron chi connectivity index (χ0n) is 13.7. The van der Waals surface area contributed by atoms with Gasteiger partial charge in [0.05, 0.1) is 0 Å². The standard InChI is InChI=1S/C18H30N2/c1-6-17-9-7-15(5)20(17)18-10-8-16(11-14(18)4)12-19-13(2)3/h8,10-11,13,15,17,19H,6-7,9,12H2,1-5H3. The van der Waals surface area contributed by atoms with Gasteiger partial charge in [-0.05, 0) is 50.3 Å². The van der Waals surface area contributed by atoms with Crippen LogP contribution in [0.15, 0.2) is 18.2 Å². The smallest absolute Gasteiger partial charge is 0.0401 e. The fourth-order valence-electron chi connectivity index (χ4n) is 3.35. The summed E-state index contributed by atoms with van der Waals surface area (Å²) in [4.78, 5) is 2.65. The van der Waals surface area contributed by atoms with Gasteiger partial charge in [0.1, 0.15) is 0 Å². The SMILES string of the molecule is CCC1CCC(C)N1c1ccc(CNC(C)C)cc1C. The van der Waals surface area contributed by atoms with Crippen LogP contribution in [-0.2, 0) is 6.54 Å². The van der Waals surface area contributed by atoms with Gasteiger partial charge in [0.15, 0.2) is 0 Å². The lowest BCUT2D eigenvalue weighted by atomic mass is 10.1. The second-order valence-electron chi connectivity index (χ2n) is 6.55.